The number of aromatic amines is 1. The van der Waals surface area contributed by atoms with Gasteiger partial charge in [-0.15, -0.1) is 0 Å². The normalized spacial score (nSPS) is 16.7. The van der Waals surface area contributed by atoms with Crippen LogP contribution in [0.4, 0.5) is 0 Å². The van der Waals surface area contributed by atoms with Gasteiger partial charge in [-0.25, -0.2) is 0 Å². The van der Waals surface area contributed by atoms with E-state index in [0.29, 0.717) is 5.92 Å². The van der Waals surface area contributed by atoms with Gasteiger partial charge in [0.15, 0.2) is 4.77 Å². The van der Waals surface area contributed by atoms with Crippen molar-refractivity contribution in [2.45, 2.75) is 64.3 Å². The quantitative estimate of drug-likeness (QED) is 0.794. The second kappa shape index (κ2) is 4.32. The van der Waals surface area contributed by atoms with Crippen molar-refractivity contribution in [2.75, 3.05) is 0 Å². The summed E-state index contributed by atoms with van der Waals surface area (Å²) in [7, 11) is 0. The van der Waals surface area contributed by atoms with Gasteiger partial charge >= 0.3 is 0 Å². The molecule has 0 bridgehead atoms. The Morgan fingerprint density at radius 2 is 1.88 bits per heavy atom. The van der Waals surface area contributed by atoms with Crippen molar-refractivity contribution in [1.29, 1.82) is 0 Å². The Kier molecular flexibility index (Phi) is 3.19. The van der Waals surface area contributed by atoms with Crippen molar-refractivity contribution < 1.29 is 0 Å². The first-order valence-corrected chi connectivity index (χ1v) is 6.77. The predicted octanol–water partition coefficient (Wildman–Crippen LogP) is 3.74. The maximum absolute atomic E-state index is 5.41. The molecule has 0 saturated heterocycles. The van der Waals surface area contributed by atoms with Crippen LogP contribution in [-0.2, 0) is 5.54 Å². The second-order valence-corrected chi connectivity index (χ2v) is 5.17. The third-order valence-corrected chi connectivity index (χ3v) is 4.36. The van der Waals surface area contributed by atoms with Crippen molar-refractivity contribution in [2.24, 2.45) is 0 Å². The molecular formula is C12H21N3S. The van der Waals surface area contributed by atoms with Crippen LogP contribution in [0.25, 0.3) is 0 Å². The summed E-state index contributed by atoms with van der Waals surface area (Å²) in [5.41, 5.74) is 0.169. The Labute approximate surface area is 102 Å². The van der Waals surface area contributed by atoms with E-state index in [1.807, 2.05) is 0 Å². The first-order chi connectivity index (χ1) is 7.68. The molecule has 3 nitrogen and oxygen atoms in total. The molecule has 16 heavy (non-hydrogen) atoms. The Morgan fingerprint density at radius 3 is 2.31 bits per heavy atom. The fraction of sp³-hybridized carbons (Fsp3) is 0.833. The molecule has 0 spiro atoms. The van der Waals surface area contributed by atoms with Gasteiger partial charge in [0.2, 0.25) is 0 Å². The second-order valence-electron chi connectivity index (χ2n) is 4.78. The van der Waals surface area contributed by atoms with Crippen LogP contribution in [0.3, 0.4) is 0 Å². The molecule has 0 amide bonds. The van der Waals surface area contributed by atoms with Crippen molar-refractivity contribution in [1.82, 2.24) is 14.8 Å². The van der Waals surface area contributed by atoms with Crippen LogP contribution < -0.4 is 0 Å². The molecule has 1 heterocycles. The molecule has 0 aliphatic heterocycles. The Morgan fingerprint density at radius 1 is 1.31 bits per heavy atom. The topological polar surface area (TPSA) is 33.6 Å². The zero-order valence-electron chi connectivity index (χ0n) is 10.4. The van der Waals surface area contributed by atoms with Crippen LogP contribution in [0.5, 0.6) is 0 Å². The molecule has 1 aliphatic carbocycles. The van der Waals surface area contributed by atoms with E-state index >= 15 is 0 Å². The molecule has 1 N–H and O–H groups in total. The molecule has 0 radical (unpaired) electrons. The maximum atomic E-state index is 5.41. The summed E-state index contributed by atoms with van der Waals surface area (Å²) >= 11 is 5.41. The van der Waals surface area contributed by atoms with Crippen LogP contribution in [0.2, 0.25) is 0 Å². The highest BCUT2D eigenvalue weighted by molar-refractivity contribution is 7.71. The predicted molar refractivity (Wildman–Crippen MR) is 68.2 cm³/mol. The minimum absolute atomic E-state index is 0.169. The molecule has 1 saturated carbocycles. The van der Waals surface area contributed by atoms with Gasteiger partial charge in [-0.1, -0.05) is 20.8 Å². The highest BCUT2D eigenvalue weighted by Crippen LogP contribution is 2.42. The number of rotatable bonds is 5. The van der Waals surface area contributed by atoms with Gasteiger partial charge in [0, 0.05) is 11.5 Å². The van der Waals surface area contributed by atoms with E-state index in [9.17, 15) is 0 Å². The molecule has 0 aromatic carbocycles. The molecule has 1 aromatic heterocycles. The summed E-state index contributed by atoms with van der Waals surface area (Å²) in [6.07, 6.45) is 5.90. The van der Waals surface area contributed by atoms with Gasteiger partial charge in [-0.05, 0) is 44.3 Å². The Bertz CT molecular complexity index is 402. The zero-order chi connectivity index (χ0) is 11.8. The molecule has 1 aromatic rings. The maximum Gasteiger partial charge on any atom is 0.195 e. The standard InChI is InChI=1S/C12H21N3S/c1-4-12(5-2,6-3)15-10(9-7-8-9)13-14-11(15)16/h9H,4-8H2,1-3H3,(H,14,16). The summed E-state index contributed by atoms with van der Waals surface area (Å²) in [6, 6.07) is 0. The van der Waals surface area contributed by atoms with Crippen molar-refractivity contribution in [3.8, 4) is 0 Å². The van der Waals surface area contributed by atoms with Crippen LogP contribution in [0, 0.1) is 4.77 Å². The lowest BCUT2D eigenvalue weighted by molar-refractivity contribution is 0.240. The minimum Gasteiger partial charge on any atom is -0.298 e. The monoisotopic (exact) mass is 239 g/mol. The fourth-order valence-electron chi connectivity index (χ4n) is 2.61. The lowest BCUT2D eigenvalue weighted by atomic mass is 9.89. The van der Waals surface area contributed by atoms with E-state index in [2.05, 4.69) is 35.5 Å². The Balaban J connectivity index is 2.51. The lowest BCUT2D eigenvalue weighted by Gasteiger charge is -2.33. The van der Waals surface area contributed by atoms with Crippen LogP contribution >= 0.6 is 12.2 Å². The highest BCUT2D eigenvalue weighted by Gasteiger charge is 2.36. The lowest BCUT2D eigenvalue weighted by Crippen LogP contribution is -2.33. The first kappa shape index (κ1) is 11.8. The number of nitrogens with one attached hydrogen (secondary N) is 1. The van der Waals surface area contributed by atoms with Gasteiger partial charge in [-0.2, -0.15) is 5.10 Å². The van der Waals surface area contributed by atoms with Crippen molar-refractivity contribution in [3.63, 3.8) is 0 Å². The van der Waals surface area contributed by atoms with E-state index < -0.39 is 0 Å². The van der Waals surface area contributed by atoms with E-state index in [-0.39, 0.29) is 5.54 Å². The van der Waals surface area contributed by atoms with Crippen molar-refractivity contribution >= 4 is 12.2 Å². The molecule has 0 atom stereocenters. The van der Waals surface area contributed by atoms with Crippen LogP contribution in [0.15, 0.2) is 0 Å². The molecule has 1 fully saturated rings. The minimum atomic E-state index is 0.169. The molecular weight excluding hydrogens is 218 g/mol. The average molecular weight is 239 g/mol. The third-order valence-electron chi connectivity index (χ3n) is 4.09. The largest absolute Gasteiger partial charge is 0.298 e. The molecule has 90 valence electrons. The first-order valence-electron chi connectivity index (χ1n) is 6.36. The van der Waals surface area contributed by atoms with Crippen molar-refractivity contribution in [3.05, 3.63) is 10.6 Å². The molecule has 2 rings (SSSR count). The summed E-state index contributed by atoms with van der Waals surface area (Å²) in [5.74, 6) is 1.84. The highest BCUT2D eigenvalue weighted by atomic mass is 32.1. The SMILES string of the molecule is CCC(CC)(CC)n1c(C2CC2)n[nH]c1=S. The van der Waals surface area contributed by atoms with Gasteiger partial charge in [-0.3, -0.25) is 9.67 Å². The molecule has 4 heteroatoms. The number of aromatic nitrogens is 3. The van der Waals surface area contributed by atoms with E-state index in [1.54, 1.807) is 0 Å². The Hall–Kier alpha value is -0.640. The number of H-pyrrole nitrogens is 1. The zero-order valence-corrected chi connectivity index (χ0v) is 11.2. The summed E-state index contributed by atoms with van der Waals surface area (Å²) in [6.45, 7) is 6.75. The average Bonchev–Trinajstić information content (AvgIpc) is 3.08. The smallest absolute Gasteiger partial charge is 0.195 e. The van der Waals surface area contributed by atoms with Crippen LogP contribution in [-0.4, -0.2) is 14.8 Å². The number of nitrogens with zero attached hydrogens (tertiary/aromatic N) is 2. The number of hydrogen-bond donors (Lipinski definition) is 1. The van der Waals surface area contributed by atoms with E-state index in [4.69, 9.17) is 12.2 Å². The van der Waals surface area contributed by atoms with Crippen LogP contribution in [0.1, 0.15) is 64.6 Å². The van der Waals surface area contributed by atoms with Gasteiger partial charge in [0.1, 0.15) is 5.82 Å². The summed E-state index contributed by atoms with van der Waals surface area (Å²) in [4.78, 5) is 0. The molecule has 0 unspecified atom stereocenters. The van der Waals surface area contributed by atoms with Gasteiger partial charge in [0.05, 0.1) is 0 Å². The van der Waals surface area contributed by atoms with E-state index in [0.717, 1.165) is 24.0 Å². The summed E-state index contributed by atoms with van der Waals surface area (Å²) < 4.78 is 3.10. The third kappa shape index (κ3) is 1.73. The van der Waals surface area contributed by atoms with Gasteiger partial charge < -0.3 is 0 Å². The van der Waals surface area contributed by atoms with Gasteiger partial charge in [0.25, 0.3) is 0 Å². The fourth-order valence-corrected chi connectivity index (χ4v) is 2.94. The molecule has 1 aliphatic rings. The number of hydrogen-bond acceptors (Lipinski definition) is 2. The van der Waals surface area contributed by atoms with E-state index in [1.165, 1.54) is 18.7 Å². The summed E-state index contributed by atoms with van der Waals surface area (Å²) in [5, 5.41) is 7.42.